The second kappa shape index (κ2) is 7.46. The van der Waals surface area contributed by atoms with E-state index in [4.69, 9.17) is 4.74 Å². The number of carbonyl (C=O) groups excluding carboxylic acids is 2. The van der Waals surface area contributed by atoms with E-state index in [9.17, 15) is 19.8 Å². The SMILES string of the molecule is O=COC/C=C/C(=O)N[C@@H]1CC[C@@]2(O)[C@H]3Cc4ccc(O)c5c4[C@@]2(CCN3CC2CC2)[C@H]1O5. The van der Waals surface area contributed by atoms with Crippen LogP contribution in [0.5, 0.6) is 11.5 Å². The van der Waals surface area contributed by atoms with Crippen molar-refractivity contribution in [2.45, 2.75) is 67.7 Å². The van der Waals surface area contributed by atoms with E-state index in [-0.39, 0.29) is 30.3 Å². The minimum atomic E-state index is -0.967. The van der Waals surface area contributed by atoms with E-state index in [2.05, 4.69) is 15.0 Å². The third-order valence-corrected chi connectivity index (χ3v) is 8.62. The standard InChI is InChI=1S/C25H30N2O6/c28-14-32-11-1-2-20(30)26-17-7-8-25(31)19-12-16-5-6-18(29)22-21(16)24(25,23(17)33-22)9-10-27(19)13-15-3-4-15/h1-2,5-6,14-15,17,19,23,29,31H,3-4,7-13H2,(H,26,30)/b2-1+/t17-,19-,23+,24+,25-/m1/s1. The summed E-state index contributed by atoms with van der Waals surface area (Å²) in [7, 11) is 0. The number of hydrogen-bond donors (Lipinski definition) is 3. The van der Waals surface area contributed by atoms with Crippen molar-refractivity contribution >= 4 is 12.4 Å². The molecule has 33 heavy (non-hydrogen) atoms. The number of nitrogens with zero attached hydrogens (tertiary/aromatic N) is 1. The largest absolute Gasteiger partial charge is 0.504 e. The second-order valence-corrected chi connectivity index (χ2v) is 10.3. The molecule has 1 saturated heterocycles. The van der Waals surface area contributed by atoms with Crippen LogP contribution in [0.3, 0.4) is 0 Å². The maximum absolute atomic E-state index is 12.6. The van der Waals surface area contributed by atoms with Crippen LogP contribution >= 0.6 is 0 Å². The summed E-state index contributed by atoms with van der Waals surface area (Å²) in [4.78, 5) is 25.4. The minimum Gasteiger partial charge on any atom is -0.504 e. The Labute approximate surface area is 192 Å². The number of piperidine rings is 1. The Balaban J connectivity index is 1.36. The first-order valence-corrected chi connectivity index (χ1v) is 12.0. The molecule has 1 amide bonds. The molecule has 2 aliphatic heterocycles. The molecule has 0 aromatic heterocycles. The molecular weight excluding hydrogens is 424 g/mol. The van der Waals surface area contributed by atoms with Crippen molar-refractivity contribution in [1.82, 2.24) is 10.2 Å². The first-order valence-electron chi connectivity index (χ1n) is 12.0. The van der Waals surface area contributed by atoms with Crippen molar-refractivity contribution in [1.29, 1.82) is 0 Å². The van der Waals surface area contributed by atoms with Gasteiger partial charge in [-0.15, -0.1) is 0 Å². The van der Waals surface area contributed by atoms with Crippen LogP contribution in [0.2, 0.25) is 0 Å². The third-order valence-electron chi connectivity index (χ3n) is 8.62. The molecule has 8 nitrogen and oxygen atoms in total. The van der Waals surface area contributed by atoms with Crippen LogP contribution in [-0.4, -0.2) is 71.0 Å². The summed E-state index contributed by atoms with van der Waals surface area (Å²) in [5.74, 6) is 1.01. The maximum atomic E-state index is 12.6. The molecule has 1 aromatic carbocycles. The predicted octanol–water partition coefficient (Wildman–Crippen LogP) is 1.17. The Morgan fingerprint density at radius 3 is 2.94 bits per heavy atom. The number of carbonyl (C=O) groups is 2. The van der Waals surface area contributed by atoms with Crippen LogP contribution in [0.1, 0.15) is 43.2 Å². The molecule has 3 N–H and O–H groups in total. The smallest absolute Gasteiger partial charge is 0.293 e. The van der Waals surface area contributed by atoms with E-state index < -0.39 is 17.1 Å². The molecule has 8 heteroatoms. The fourth-order valence-corrected chi connectivity index (χ4v) is 7.11. The van der Waals surface area contributed by atoms with Crippen molar-refractivity contribution in [2.75, 3.05) is 19.7 Å². The van der Waals surface area contributed by atoms with Gasteiger partial charge in [0.2, 0.25) is 5.91 Å². The predicted molar refractivity (Wildman–Crippen MR) is 118 cm³/mol. The van der Waals surface area contributed by atoms with Crippen LogP contribution in [0.25, 0.3) is 0 Å². The van der Waals surface area contributed by atoms with Gasteiger partial charge in [-0.1, -0.05) is 6.07 Å². The average molecular weight is 455 g/mol. The van der Waals surface area contributed by atoms with Gasteiger partial charge in [0.05, 0.1) is 17.1 Å². The summed E-state index contributed by atoms with van der Waals surface area (Å²) in [6, 6.07) is 3.38. The molecule has 3 fully saturated rings. The van der Waals surface area contributed by atoms with Gasteiger partial charge in [-0.3, -0.25) is 14.5 Å². The number of phenolic OH excluding ortho intramolecular Hbond substituents is 1. The Bertz CT molecular complexity index is 1020. The molecule has 0 radical (unpaired) electrons. The number of benzene rings is 1. The molecule has 2 saturated carbocycles. The summed E-state index contributed by atoms with van der Waals surface area (Å²) in [6.45, 7) is 2.28. The third kappa shape index (κ3) is 2.96. The van der Waals surface area contributed by atoms with E-state index in [0.29, 0.717) is 25.1 Å². The van der Waals surface area contributed by atoms with E-state index in [1.54, 1.807) is 6.07 Å². The van der Waals surface area contributed by atoms with Crippen molar-refractivity contribution in [3.8, 4) is 11.5 Å². The highest BCUT2D eigenvalue weighted by atomic mass is 16.5. The van der Waals surface area contributed by atoms with Gasteiger partial charge in [0.15, 0.2) is 11.5 Å². The molecule has 6 rings (SSSR count). The highest BCUT2D eigenvalue weighted by Gasteiger charge is 2.73. The zero-order valence-electron chi connectivity index (χ0n) is 18.5. The summed E-state index contributed by atoms with van der Waals surface area (Å²) < 4.78 is 11.0. The molecule has 5 aliphatic rings. The van der Waals surface area contributed by atoms with Crippen molar-refractivity contribution in [3.63, 3.8) is 0 Å². The summed E-state index contributed by atoms with van der Waals surface area (Å²) in [5.41, 5.74) is 0.468. The van der Waals surface area contributed by atoms with Crippen LogP contribution in [0.15, 0.2) is 24.3 Å². The zero-order chi connectivity index (χ0) is 22.8. The molecule has 3 aliphatic carbocycles. The summed E-state index contributed by atoms with van der Waals surface area (Å²) in [5, 5.41) is 26.1. The lowest BCUT2D eigenvalue weighted by Gasteiger charge is -2.64. The zero-order valence-corrected chi connectivity index (χ0v) is 18.5. The first-order chi connectivity index (χ1) is 16.0. The highest BCUT2D eigenvalue weighted by Crippen LogP contribution is 2.65. The molecule has 2 heterocycles. The number of aromatic hydroxyl groups is 1. The van der Waals surface area contributed by atoms with Gasteiger partial charge in [0.1, 0.15) is 12.7 Å². The van der Waals surface area contributed by atoms with Crippen molar-refractivity contribution in [3.05, 3.63) is 35.4 Å². The number of phenols is 1. The van der Waals surface area contributed by atoms with Gasteiger partial charge in [-0.05, 0) is 68.7 Å². The second-order valence-electron chi connectivity index (χ2n) is 10.3. The Hall–Kier alpha value is -2.58. The average Bonchev–Trinajstić information content (AvgIpc) is 3.53. The van der Waals surface area contributed by atoms with E-state index in [1.165, 1.54) is 25.0 Å². The molecule has 5 atom stereocenters. The van der Waals surface area contributed by atoms with E-state index >= 15 is 0 Å². The van der Waals surface area contributed by atoms with Gasteiger partial charge >= 0.3 is 0 Å². The van der Waals surface area contributed by atoms with Crippen LogP contribution in [0.4, 0.5) is 0 Å². The van der Waals surface area contributed by atoms with Crippen molar-refractivity contribution < 1.29 is 29.3 Å². The van der Waals surface area contributed by atoms with Crippen LogP contribution in [-0.2, 0) is 26.2 Å². The number of amides is 1. The maximum Gasteiger partial charge on any atom is 0.293 e. The van der Waals surface area contributed by atoms with Gasteiger partial charge in [-0.2, -0.15) is 0 Å². The van der Waals surface area contributed by atoms with Crippen LogP contribution < -0.4 is 10.1 Å². The minimum absolute atomic E-state index is 0.0120. The lowest BCUT2D eigenvalue weighted by atomic mass is 9.48. The summed E-state index contributed by atoms with van der Waals surface area (Å²) >= 11 is 0. The number of aliphatic hydroxyl groups is 1. The van der Waals surface area contributed by atoms with Crippen molar-refractivity contribution in [2.24, 2.45) is 5.92 Å². The number of hydrogen-bond acceptors (Lipinski definition) is 7. The Morgan fingerprint density at radius 1 is 1.30 bits per heavy atom. The number of likely N-dealkylation sites (tertiary alicyclic amines) is 1. The molecule has 1 aromatic rings. The first kappa shape index (κ1) is 21.0. The van der Waals surface area contributed by atoms with Crippen LogP contribution in [0, 0.1) is 5.92 Å². The van der Waals surface area contributed by atoms with Gasteiger partial charge in [0.25, 0.3) is 6.47 Å². The van der Waals surface area contributed by atoms with E-state index in [0.717, 1.165) is 43.0 Å². The van der Waals surface area contributed by atoms with Gasteiger partial charge in [-0.25, -0.2) is 0 Å². The molecule has 1 spiro atoms. The topological polar surface area (TPSA) is 108 Å². The normalized spacial score (nSPS) is 36.2. The lowest BCUT2D eigenvalue weighted by Crippen LogP contribution is -2.78. The fraction of sp³-hybridized carbons (Fsp3) is 0.600. The van der Waals surface area contributed by atoms with Gasteiger partial charge < -0.3 is 25.0 Å². The quantitative estimate of drug-likeness (QED) is 0.322. The number of nitrogens with one attached hydrogen (secondary N) is 1. The van der Waals surface area contributed by atoms with Gasteiger partial charge in [0, 0.05) is 24.2 Å². The van der Waals surface area contributed by atoms with E-state index in [1.807, 2.05) is 6.07 Å². The monoisotopic (exact) mass is 454 g/mol. The molecule has 176 valence electrons. The highest BCUT2D eigenvalue weighted by molar-refractivity contribution is 5.87. The fourth-order valence-electron chi connectivity index (χ4n) is 7.11. The molecule has 2 bridgehead atoms. The number of ether oxygens (including phenoxy) is 2. The Kier molecular flexibility index (Phi) is 4.75. The lowest BCUT2D eigenvalue weighted by molar-refractivity contribution is -0.192. The molecular formula is C25H30N2O6. The molecule has 0 unspecified atom stereocenters. The number of rotatable bonds is 7. The Morgan fingerprint density at radius 2 is 2.15 bits per heavy atom. The summed E-state index contributed by atoms with van der Waals surface area (Å²) in [6.07, 6.45) is 7.57.